The lowest BCUT2D eigenvalue weighted by Gasteiger charge is -2.53. The van der Waals surface area contributed by atoms with Crippen LogP contribution in [-0.4, -0.2) is 62.1 Å². The summed E-state index contributed by atoms with van der Waals surface area (Å²) in [7, 11) is 1.85. The van der Waals surface area contributed by atoms with E-state index in [1.165, 1.54) is 4.88 Å². The molecule has 1 aliphatic heterocycles. The summed E-state index contributed by atoms with van der Waals surface area (Å²) in [5.74, 6) is 1.92. The third kappa shape index (κ3) is 4.44. The lowest BCUT2D eigenvalue weighted by Crippen LogP contribution is -2.54. The molecule has 2 N–H and O–H groups in total. The zero-order chi connectivity index (χ0) is 24.9. The number of aryl methyl sites for hydroxylation is 1. The van der Waals surface area contributed by atoms with Crippen molar-refractivity contribution in [2.45, 2.75) is 52.1 Å². The summed E-state index contributed by atoms with van der Waals surface area (Å²) in [6.07, 6.45) is 4.01. The number of hydrogen-bond acceptors (Lipinski definition) is 6. The number of nitrogens with zero attached hydrogens (tertiary/aromatic N) is 3. The second kappa shape index (κ2) is 9.56. The second-order valence-corrected chi connectivity index (χ2v) is 13.2. The number of aliphatic hydroxyl groups excluding tert-OH is 1. The number of hydrogen-bond donors (Lipinski definition) is 2. The van der Waals surface area contributed by atoms with Gasteiger partial charge in [0.25, 0.3) is 5.91 Å². The molecule has 0 radical (unpaired) electrons. The van der Waals surface area contributed by atoms with Crippen LogP contribution in [0.15, 0.2) is 18.3 Å². The minimum atomic E-state index is -0.543. The smallest absolute Gasteiger partial charge is 0.274 e. The van der Waals surface area contributed by atoms with Crippen LogP contribution in [0.5, 0.6) is 0 Å². The molecule has 1 saturated heterocycles. The molecule has 2 amide bonds. The number of carbonyl (C=O) groups is 2. The molecule has 5 rings (SSSR count). The normalized spacial score (nSPS) is 31.4. The standard InChI is InChI=1S/C26H36N4O3S2/c1-15(24(33)30-10-12-34-13-11-30)17-7-8-26(3)14-19-21(16(2)20(26)22(17)31)27-25(35-19)28-23(32)18-6-5-9-29(18)4/h5-6,9,15-17,20,22,31H,7-8,10-14H2,1-4H3,(H,27,28,32)/t15-,16-,17-,20+,22-,26+/m0/s1. The molecule has 6 atom stereocenters. The summed E-state index contributed by atoms with van der Waals surface area (Å²) >= 11 is 3.46. The van der Waals surface area contributed by atoms with Crippen molar-refractivity contribution in [3.8, 4) is 0 Å². The lowest BCUT2D eigenvalue weighted by molar-refractivity contribution is -0.144. The van der Waals surface area contributed by atoms with Crippen LogP contribution in [0.25, 0.3) is 0 Å². The molecule has 7 nitrogen and oxygen atoms in total. The summed E-state index contributed by atoms with van der Waals surface area (Å²) in [5, 5.41) is 15.3. The third-order valence-corrected chi connectivity index (χ3v) is 10.6. The highest BCUT2D eigenvalue weighted by molar-refractivity contribution is 7.99. The Morgan fingerprint density at radius 2 is 2.06 bits per heavy atom. The van der Waals surface area contributed by atoms with E-state index in [9.17, 15) is 14.7 Å². The van der Waals surface area contributed by atoms with Crippen LogP contribution in [0.4, 0.5) is 5.13 Å². The van der Waals surface area contributed by atoms with Crippen LogP contribution < -0.4 is 5.32 Å². The minimum absolute atomic E-state index is 0.0331. The van der Waals surface area contributed by atoms with E-state index in [0.29, 0.717) is 10.8 Å². The minimum Gasteiger partial charge on any atom is -0.392 e. The molecular weight excluding hydrogens is 480 g/mol. The van der Waals surface area contributed by atoms with Gasteiger partial charge < -0.3 is 14.6 Å². The van der Waals surface area contributed by atoms with Gasteiger partial charge in [-0.15, -0.1) is 11.3 Å². The summed E-state index contributed by atoms with van der Waals surface area (Å²) in [6, 6.07) is 3.64. The topological polar surface area (TPSA) is 87.5 Å². The van der Waals surface area contributed by atoms with Crippen molar-refractivity contribution in [3.63, 3.8) is 0 Å². The van der Waals surface area contributed by atoms with Gasteiger partial charge in [-0.05, 0) is 48.6 Å². The quantitative estimate of drug-likeness (QED) is 0.642. The van der Waals surface area contributed by atoms with Gasteiger partial charge in [0.1, 0.15) is 5.69 Å². The summed E-state index contributed by atoms with van der Waals surface area (Å²) in [6.45, 7) is 8.08. The van der Waals surface area contributed by atoms with Crippen LogP contribution in [0, 0.1) is 23.2 Å². The van der Waals surface area contributed by atoms with Gasteiger partial charge in [0, 0.05) is 54.6 Å². The molecule has 190 valence electrons. The van der Waals surface area contributed by atoms with Crippen molar-refractivity contribution in [2.75, 3.05) is 29.9 Å². The van der Waals surface area contributed by atoms with E-state index in [-0.39, 0.29) is 40.9 Å². The molecule has 2 fully saturated rings. The van der Waals surface area contributed by atoms with Gasteiger partial charge in [0.15, 0.2) is 5.13 Å². The molecule has 2 aromatic rings. The average molecular weight is 517 g/mol. The monoisotopic (exact) mass is 516 g/mol. The first-order valence-electron chi connectivity index (χ1n) is 12.7. The molecule has 0 unspecified atom stereocenters. The van der Waals surface area contributed by atoms with Gasteiger partial charge in [0.05, 0.1) is 11.8 Å². The number of aromatic nitrogens is 2. The first-order valence-corrected chi connectivity index (χ1v) is 14.6. The van der Waals surface area contributed by atoms with Gasteiger partial charge in [-0.2, -0.15) is 11.8 Å². The number of anilines is 1. The molecule has 9 heteroatoms. The number of rotatable bonds is 4. The zero-order valence-corrected chi connectivity index (χ0v) is 22.6. The van der Waals surface area contributed by atoms with Crippen LogP contribution >= 0.6 is 23.1 Å². The van der Waals surface area contributed by atoms with Crippen molar-refractivity contribution in [1.82, 2.24) is 14.5 Å². The first-order chi connectivity index (χ1) is 16.7. The van der Waals surface area contributed by atoms with Gasteiger partial charge in [-0.25, -0.2) is 4.98 Å². The number of thiazole rings is 1. The molecule has 1 saturated carbocycles. The fourth-order valence-electron chi connectivity index (χ4n) is 6.71. The number of carbonyl (C=O) groups excluding carboxylic acids is 2. The highest BCUT2D eigenvalue weighted by Gasteiger charge is 2.54. The fourth-order valence-corrected chi connectivity index (χ4v) is 8.88. The van der Waals surface area contributed by atoms with E-state index < -0.39 is 6.10 Å². The van der Waals surface area contributed by atoms with E-state index in [1.807, 2.05) is 42.9 Å². The van der Waals surface area contributed by atoms with E-state index in [0.717, 1.165) is 49.6 Å². The molecule has 0 aromatic carbocycles. The second-order valence-electron chi connectivity index (χ2n) is 10.9. The summed E-state index contributed by atoms with van der Waals surface area (Å²) in [5.41, 5.74) is 1.54. The SMILES string of the molecule is C[C@H](C(=O)N1CCSCC1)[C@@H]1CC[C@]2(C)Cc3sc(NC(=O)c4cccn4C)nc3[C@@H](C)[C@@H]2[C@H]1O. The van der Waals surface area contributed by atoms with E-state index in [1.54, 1.807) is 22.0 Å². The Kier molecular flexibility index (Phi) is 6.78. The Morgan fingerprint density at radius 1 is 1.31 bits per heavy atom. The molecular formula is C26H36N4O3S2. The van der Waals surface area contributed by atoms with Gasteiger partial charge in [0.2, 0.25) is 5.91 Å². The number of aliphatic hydroxyl groups is 1. The number of fused-ring (bicyclic) bond motifs is 2. The van der Waals surface area contributed by atoms with Gasteiger partial charge in [-0.3, -0.25) is 14.9 Å². The van der Waals surface area contributed by atoms with Crippen LogP contribution in [-0.2, 0) is 18.3 Å². The van der Waals surface area contributed by atoms with E-state index in [4.69, 9.17) is 4.98 Å². The van der Waals surface area contributed by atoms with Crippen molar-refractivity contribution in [2.24, 2.45) is 30.2 Å². The van der Waals surface area contributed by atoms with Crippen molar-refractivity contribution in [1.29, 1.82) is 0 Å². The number of nitrogens with one attached hydrogen (secondary N) is 1. The molecule has 35 heavy (non-hydrogen) atoms. The van der Waals surface area contributed by atoms with Crippen molar-refractivity contribution in [3.05, 3.63) is 34.6 Å². The van der Waals surface area contributed by atoms with Crippen LogP contribution in [0.1, 0.15) is 60.6 Å². The largest absolute Gasteiger partial charge is 0.392 e. The molecule has 2 aliphatic carbocycles. The number of thioether (sulfide) groups is 1. The Balaban J connectivity index is 1.34. The predicted molar refractivity (Wildman–Crippen MR) is 141 cm³/mol. The van der Waals surface area contributed by atoms with Crippen LogP contribution in [0.2, 0.25) is 0 Å². The molecule has 2 aromatic heterocycles. The molecule has 3 aliphatic rings. The lowest BCUT2D eigenvalue weighted by atomic mass is 9.53. The maximum absolute atomic E-state index is 13.2. The highest BCUT2D eigenvalue weighted by atomic mass is 32.2. The highest BCUT2D eigenvalue weighted by Crippen LogP contribution is 2.57. The molecule has 3 heterocycles. The predicted octanol–water partition coefficient (Wildman–Crippen LogP) is 4.00. The van der Waals surface area contributed by atoms with Gasteiger partial charge >= 0.3 is 0 Å². The van der Waals surface area contributed by atoms with E-state index >= 15 is 0 Å². The summed E-state index contributed by atoms with van der Waals surface area (Å²) < 4.78 is 1.79. The Bertz CT molecular complexity index is 1110. The van der Waals surface area contributed by atoms with Crippen LogP contribution in [0.3, 0.4) is 0 Å². The van der Waals surface area contributed by atoms with E-state index in [2.05, 4.69) is 19.2 Å². The van der Waals surface area contributed by atoms with Crippen molar-refractivity contribution < 1.29 is 14.7 Å². The number of amides is 2. The Labute approximate surface area is 215 Å². The zero-order valence-electron chi connectivity index (χ0n) is 21.0. The third-order valence-electron chi connectivity index (χ3n) is 8.67. The van der Waals surface area contributed by atoms with Gasteiger partial charge in [-0.1, -0.05) is 20.8 Å². The Hall–Kier alpha value is -1.84. The maximum Gasteiger partial charge on any atom is 0.274 e. The Morgan fingerprint density at radius 3 is 2.74 bits per heavy atom. The summed E-state index contributed by atoms with van der Waals surface area (Å²) in [4.78, 5) is 34.0. The maximum atomic E-state index is 13.2. The molecule has 0 spiro atoms. The van der Waals surface area contributed by atoms with Crippen molar-refractivity contribution >= 4 is 40.0 Å². The first kappa shape index (κ1) is 24.8. The average Bonchev–Trinajstić information content (AvgIpc) is 3.44. The molecule has 0 bridgehead atoms. The fraction of sp³-hybridized carbons (Fsp3) is 0.654.